The lowest BCUT2D eigenvalue weighted by molar-refractivity contribution is 0.282. The van der Waals surface area contributed by atoms with Crippen molar-refractivity contribution < 1.29 is 9.47 Å². The molecule has 0 aliphatic rings. The van der Waals surface area contributed by atoms with Crippen LogP contribution in [-0.4, -0.2) is 7.11 Å². The summed E-state index contributed by atoms with van der Waals surface area (Å²) >= 11 is 5.65. The molecule has 0 unspecified atom stereocenters. The SMILES string of the molecule is COc1cc(/C=C(/C#N)c2ccc(Br)cc2)cc(I)c1OCc1ccccc1. The molecular formula is C23H17BrINO2. The summed E-state index contributed by atoms with van der Waals surface area (Å²) in [5, 5.41) is 9.58. The van der Waals surface area contributed by atoms with Gasteiger partial charge in [0.05, 0.1) is 22.3 Å². The summed E-state index contributed by atoms with van der Waals surface area (Å²) in [7, 11) is 1.62. The van der Waals surface area contributed by atoms with E-state index in [1.165, 1.54) is 0 Å². The van der Waals surface area contributed by atoms with Crippen molar-refractivity contribution in [2.24, 2.45) is 0 Å². The molecule has 0 spiro atoms. The van der Waals surface area contributed by atoms with Crippen LogP contribution in [0.25, 0.3) is 11.6 Å². The molecule has 3 rings (SSSR count). The van der Waals surface area contributed by atoms with Gasteiger partial charge in [-0.3, -0.25) is 0 Å². The van der Waals surface area contributed by atoms with Crippen molar-refractivity contribution in [1.29, 1.82) is 5.26 Å². The first-order chi connectivity index (χ1) is 13.6. The Morgan fingerprint density at radius 2 is 1.82 bits per heavy atom. The van der Waals surface area contributed by atoms with Gasteiger partial charge in [0.1, 0.15) is 6.61 Å². The molecule has 0 heterocycles. The minimum absolute atomic E-state index is 0.463. The van der Waals surface area contributed by atoms with Gasteiger partial charge in [-0.15, -0.1) is 0 Å². The number of benzene rings is 3. The maximum absolute atomic E-state index is 9.58. The smallest absolute Gasteiger partial charge is 0.174 e. The number of methoxy groups -OCH3 is 1. The lowest BCUT2D eigenvalue weighted by Gasteiger charge is -2.14. The molecule has 0 bridgehead atoms. The van der Waals surface area contributed by atoms with E-state index in [0.717, 1.165) is 24.7 Å². The van der Waals surface area contributed by atoms with E-state index in [4.69, 9.17) is 9.47 Å². The summed E-state index contributed by atoms with van der Waals surface area (Å²) in [6, 6.07) is 23.8. The zero-order chi connectivity index (χ0) is 19.9. The van der Waals surface area contributed by atoms with Gasteiger partial charge in [-0.05, 0) is 69.6 Å². The number of rotatable bonds is 6. The van der Waals surface area contributed by atoms with Crippen LogP contribution in [-0.2, 0) is 6.61 Å². The summed E-state index contributed by atoms with van der Waals surface area (Å²) in [4.78, 5) is 0. The molecule has 3 aromatic carbocycles. The van der Waals surface area contributed by atoms with Crippen LogP contribution < -0.4 is 9.47 Å². The van der Waals surface area contributed by atoms with Crippen molar-refractivity contribution in [3.63, 3.8) is 0 Å². The van der Waals surface area contributed by atoms with Crippen LogP contribution in [0.15, 0.2) is 71.2 Å². The van der Waals surface area contributed by atoms with E-state index in [-0.39, 0.29) is 0 Å². The molecule has 0 fully saturated rings. The van der Waals surface area contributed by atoms with E-state index in [1.54, 1.807) is 7.11 Å². The van der Waals surface area contributed by atoms with Crippen LogP contribution in [0.2, 0.25) is 0 Å². The summed E-state index contributed by atoms with van der Waals surface area (Å²) in [6.45, 7) is 0.463. The van der Waals surface area contributed by atoms with Gasteiger partial charge in [-0.2, -0.15) is 5.26 Å². The fourth-order valence-corrected chi connectivity index (χ4v) is 3.71. The fourth-order valence-electron chi connectivity index (χ4n) is 2.67. The van der Waals surface area contributed by atoms with Crippen molar-refractivity contribution in [2.75, 3.05) is 7.11 Å². The van der Waals surface area contributed by atoms with Crippen molar-refractivity contribution in [1.82, 2.24) is 0 Å². The number of halogens is 2. The molecule has 28 heavy (non-hydrogen) atoms. The van der Waals surface area contributed by atoms with Crippen LogP contribution >= 0.6 is 38.5 Å². The number of nitrogens with zero attached hydrogens (tertiary/aromatic N) is 1. The highest BCUT2D eigenvalue weighted by Gasteiger charge is 2.12. The molecule has 3 aromatic rings. The summed E-state index contributed by atoms with van der Waals surface area (Å²) < 4.78 is 13.4. The minimum Gasteiger partial charge on any atom is -0.493 e. The second kappa shape index (κ2) is 9.76. The first-order valence-corrected chi connectivity index (χ1v) is 10.4. The lowest BCUT2D eigenvalue weighted by Crippen LogP contribution is -2.00. The van der Waals surface area contributed by atoms with Gasteiger partial charge >= 0.3 is 0 Å². The minimum atomic E-state index is 0.463. The third kappa shape index (κ3) is 5.15. The van der Waals surface area contributed by atoms with E-state index in [2.05, 4.69) is 44.6 Å². The molecule has 0 N–H and O–H groups in total. The highest BCUT2D eigenvalue weighted by atomic mass is 127. The zero-order valence-electron chi connectivity index (χ0n) is 15.2. The lowest BCUT2D eigenvalue weighted by atomic mass is 10.0. The maximum Gasteiger partial charge on any atom is 0.174 e. The van der Waals surface area contributed by atoms with E-state index in [1.807, 2.05) is 72.8 Å². The van der Waals surface area contributed by atoms with Crippen LogP contribution in [0, 0.1) is 14.9 Å². The molecule has 0 saturated carbocycles. The van der Waals surface area contributed by atoms with E-state index in [9.17, 15) is 5.26 Å². The molecule has 140 valence electrons. The first-order valence-electron chi connectivity index (χ1n) is 8.52. The molecule has 5 heteroatoms. The van der Waals surface area contributed by atoms with Crippen LogP contribution in [0.3, 0.4) is 0 Å². The average molecular weight is 546 g/mol. The van der Waals surface area contributed by atoms with Gasteiger partial charge in [-0.1, -0.05) is 58.4 Å². The average Bonchev–Trinajstić information content (AvgIpc) is 2.72. The van der Waals surface area contributed by atoms with Gasteiger partial charge in [0.25, 0.3) is 0 Å². The van der Waals surface area contributed by atoms with Gasteiger partial charge in [0, 0.05) is 4.47 Å². The summed E-state index contributed by atoms with van der Waals surface area (Å²) in [5.41, 5.74) is 3.42. The second-order valence-corrected chi connectivity index (χ2v) is 8.06. The topological polar surface area (TPSA) is 42.2 Å². The summed E-state index contributed by atoms with van der Waals surface area (Å²) in [6.07, 6.45) is 1.86. The van der Waals surface area contributed by atoms with Gasteiger partial charge in [0.15, 0.2) is 11.5 Å². The third-order valence-corrected chi connectivity index (χ3v) is 5.39. The Kier molecular flexibility index (Phi) is 7.12. The molecular weight excluding hydrogens is 529 g/mol. The van der Waals surface area contributed by atoms with Crippen LogP contribution in [0.5, 0.6) is 11.5 Å². The molecule has 0 aliphatic carbocycles. The Morgan fingerprint density at radius 1 is 1.11 bits per heavy atom. The van der Waals surface area contributed by atoms with E-state index >= 15 is 0 Å². The van der Waals surface area contributed by atoms with Gasteiger partial charge in [0.2, 0.25) is 0 Å². The predicted octanol–water partition coefficient (Wildman–Crippen LogP) is 6.71. The van der Waals surface area contributed by atoms with Gasteiger partial charge in [-0.25, -0.2) is 0 Å². The third-order valence-electron chi connectivity index (χ3n) is 4.06. The Hall–Kier alpha value is -2.30. The molecule has 3 nitrogen and oxygen atoms in total. The van der Waals surface area contributed by atoms with Gasteiger partial charge < -0.3 is 9.47 Å². The van der Waals surface area contributed by atoms with Crippen molar-refractivity contribution >= 4 is 50.2 Å². The zero-order valence-corrected chi connectivity index (χ0v) is 18.9. The highest BCUT2D eigenvalue weighted by Crippen LogP contribution is 2.35. The predicted molar refractivity (Wildman–Crippen MR) is 124 cm³/mol. The van der Waals surface area contributed by atoms with E-state index < -0.39 is 0 Å². The number of hydrogen-bond donors (Lipinski definition) is 0. The Balaban J connectivity index is 1.89. The molecule has 0 radical (unpaired) electrons. The maximum atomic E-state index is 9.58. The number of hydrogen-bond acceptors (Lipinski definition) is 3. The molecule has 0 aliphatic heterocycles. The Bertz CT molecular complexity index is 1020. The van der Waals surface area contributed by atoms with Crippen molar-refractivity contribution in [3.05, 3.63) is 91.5 Å². The first kappa shape index (κ1) is 20.4. The number of ether oxygens (including phenoxy) is 2. The highest BCUT2D eigenvalue weighted by molar-refractivity contribution is 14.1. The van der Waals surface area contributed by atoms with Crippen molar-refractivity contribution in [2.45, 2.75) is 6.61 Å². The normalized spacial score (nSPS) is 11.0. The standard InChI is InChI=1S/C23H17BrINO2/c1-27-22-13-17(11-19(14-26)18-7-9-20(24)10-8-18)12-21(25)23(22)28-15-16-5-3-2-4-6-16/h2-13H,15H2,1H3/b19-11-. The molecule has 0 aromatic heterocycles. The summed E-state index contributed by atoms with van der Waals surface area (Å²) in [5.74, 6) is 1.34. The Morgan fingerprint density at radius 3 is 2.46 bits per heavy atom. The monoisotopic (exact) mass is 545 g/mol. The second-order valence-electron chi connectivity index (χ2n) is 5.99. The van der Waals surface area contributed by atoms with Crippen LogP contribution in [0.4, 0.5) is 0 Å². The largest absolute Gasteiger partial charge is 0.493 e. The number of nitriles is 1. The van der Waals surface area contributed by atoms with Crippen molar-refractivity contribution in [3.8, 4) is 17.6 Å². The molecule has 0 amide bonds. The van der Waals surface area contributed by atoms with Crippen LogP contribution in [0.1, 0.15) is 16.7 Å². The Labute approximate surface area is 186 Å². The fraction of sp³-hybridized carbons (Fsp3) is 0.0870. The number of allylic oxidation sites excluding steroid dienone is 1. The molecule has 0 saturated heterocycles. The van der Waals surface area contributed by atoms with E-state index in [0.29, 0.717) is 23.7 Å². The molecule has 0 atom stereocenters. The quantitative estimate of drug-likeness (QED) is 0.196.